The average Bonchev–Trinajstić information content (AvgIpc) is 3.17. The number of benzene rings is 3. The summed E-state index contributed by atoms with van der Waals surface area (Å²) in [6.07, 6.45) is 4.95. The van der Waals surface area contributed by atoms with Crippen LogP contribution in [0.5, 0.6) is 0 Å². The number of carbonyl (C=O) groups excluding carboxylic acids is 3. The highest BCUT2D eigenvalue weighted by Gasteiger charge is 2.43. The molecular formula is C31H31Cl2N3O5S. The van der Waals surface area contributed by atoms with Crippen molar-refractivity contribution in [1.29, 1.82) is 0 Å². The number of halogens is 2. The molecule has 1 aliphatic carbocycles. The van der Waals surface area contributed by atoms with Gasteiger partial charge in [-0.25, -0.2) is 12.7 Å². The van der Waals surface area contributed by atoms with Gasteiger partial charge in [-0.1, -0.05) is 91.0 Å². The first-order valence-corrected chi connectivity index (χ1v) is 16.1. The van der Waals surface area contributed by atoms with Crippen molar-refractivity contribution in [2.75, 3.05) is 6.54 Å². The molecule has 0 bridgehead atoms. The molecule has 1 atom stereocenters. The van der Waals surface area contributed by atoms with Gasteiger partial charge in [-0.3, -0.25) is 14.4 Å². The molecule has 1 fully saturated rings. The van der Waals surface area contributed by atoms with E-state index in [1.807, 2.05) is 30.3 Å². The summed E-state index contributed by atoms with van der Waals surface area (Å²) >= 11 is 13.0. The lowest BCUT2D eigenvalue weighted by Crippen LogP contribution is -2.55. The van der Waals surface area contributed by atoms with Crippen LogP contribution in [0.1, 0.15) is 53.6 Å². The number of fused-ring (bicyclic) bond motifs is 1. The molecule has 0 saturated heterocycles. The second kappa shape index (κ2) is 12.9. The van der Waals surface area contributed by atoms with E-state index in [2.05, 4.69) is 5.32 Å². The lowest BCUT2D eigenvalue weighted by molar-refractivity contribution is -0.141. The molecule has 5 rings (SSSR count). The number of carbonyl (C=O) groups is 3. The van der Waals surface area contributed by atoms with Crippen molar-refractivity contribution in [3.05, 3.63) is 99.5 Å². The predicted molar refractivity (Wildman–Crippen MR) is 161 cm³/mol. The third-order valence-electron chi connectivity index (χ3n) is 7.80. The van der Waals surface area contributed by atoms with E-state index in [4.69, 9.17) is 23.2 Å². The monoisotopic (exact) mass is 627 g/mol. The second-order valence-corrected chi connectivity index (χ2v) is 13.2. The molecule has 1 N–H and O–H groups in total. The number of hydrogen-bond acceptors (Lipinski definition) is 5. The Morgan fingerprint density at radius 3 is 2.21 bits per heavy atom. The quantitative estimate of drug-likeness (QED) is 0.350. The minimum Gasteiger partial charge on any atom is -0.352 e. The number of hydrogen-bond donors (Lipinski definition) is 1. The van der Waals surface area contributed by atoms with Crippen molar-refractivity contribution in [1.82, 2.24) is 14.5 Å². The first-order chi connectivity index (χ1) is 20.2. The molecule has 220 valence electrons. The Morgan fingerprint density at radius 1 is 0.905 bits per heavy atom. The molecule has 3 aromatic carbocycles. The number of sulfonamides is 1. The van der Waals surface area contributed by atoms with Gasteiger partial charge in [0.1, 0.15) is 17.5 Å². The summed E-state index contributed by atoms with van der Waals surface area (Å²) in [6, 6.07) is 19.0. The van der Waals surface area contributed by atoms with E-state index in [-0.39, 0.29) is 35.4 Å². The third-order valence-corrected chi connectivity index (χ3v) is 10.3. The van der Waals surface area contributed by atoms with Crippen LogP contribution in [0.4, 0.5) is 0 Å². The fourth-order valence-electron chi connectivity index (χ4n) is 5.55. The van der Waals surface area contributed by atoms with E-state index in [1.165, 1.54) is 23.1 Å². The Bertz CT molecular complexity index is 1570. The van der Waals surface area contributed by atoms with Crippen molar-refractivity contribution in [2.45, 2.75) is 62.0 Å². The molecule has 0 aromatic heterocycles. The highest BCUT2D eigenvalue weighted by atomic mass is 35.5. The van der Waals surface area contributed by atoms with Crippen molar-refractivity contribution >= 4 is 50.9 Å². The lowest BCUT2D eigenvalue weighted by atomic mass is 9.94. The molecule has 11 heteroatoms. The molecular weight excluding hydrogens is 597 g/mol. The van der Waals surface area contributed by atoms with Gasteiger partial charge in [-0.15, -0.1) is 0 Å². The van der Waals surface area contributed by atoms with Gasteiger partial charge < -0.3 is 10.2 Å². The van der Waals surface area contributed by atoms with E-state index >= 15 is 0 Å². The van der Waals surface area contributed by atoms with Crippen LogP contribution in [-0.2, 0) is 32.6 Å². The number of nitrogens with one attached hydrogen (secondary N) is 1. The van der Waals surface area contributed by atoms with Crippen molar-refractivity contribution in [2.24, 2.45) is 0 Å². The van der Waals surface area contributed by atoms with Crippen LogP contribution in [0.15, 0.2) is 77.7 Å². The average molecular weight is 629 g/mol. The normalized spacial score (nSPS) is 17.0. The summed E-state index contributed by atoms with van der Waals surface area (Å²) < 4.78 is 27.1. The first-order valence-electron chi connectivity index (χ1n) is 13.9. The summed E-state index contributed by atoms with van der Waals surface area (Å²) in [5.74, 6) is -1.88. The molecule has 1 aliphatic heterocycles. The van der Waals surface area contributed by atoms with Crippen molar-refractivity contribution in [3.8, 4) is 0 Å². The zero-order chi connectivity index (χ0) is 29.9. The Balaban J connectivity index is 1.52. The van der Waals surface area contributed by atoms with E-state index in [0.717, 1.165) is 37.7 Å². The Morgan fingerprint density at radius 2 is 1.55 bits per heavy atom. The maximum Gasteiger partial charge on any atom is 0.269 e. The van der Waals surface area contributed by atoms with Crippen LogP contribution >= 0.6 is 23.2 Å². The molecule has 3 aromatic rings. The Labute approximate surface area is 255 Å². The van der Waals surface area contributed by atoms with Crippen molar-refractivity contribution in [3.63, 3.8) is 0 Å². The van der Waals surface area contributed by atoms with E-state index in [1.54, 1.807) is 24.3 Å². The van der Waals surface area contributed by atoms with Gasteiger partial charge >= 0.3 is 0 Å². The number of nitrogens with zero attached hydrogens (tertiary/aromatic N) is 2. The number of rotatable bonds is 9. The molecule has 3 amide bonds. The molecule has 8 nitrogen and oxygen atoms in total. The Hall–Kier alpha value is -3.40. The highest BCUT2D eigenvalue weighted by molar-refractivity contribution is 7.90. The van der Waals surface area contributed by atoms with Gasteiger partial charge in [-0.05, 0) is 42.7 Å². The summed E-state index contributed by atoms with van der Waals surface area (Å²) in [5, 5.41) is 3.72. The van der Waals surface area contributed by atoms with Crippen LogP contribution in [0.25, 0.3) is 0 Å². The zero-order valence-corrected chi connectivity index (χ0v) is 25.2. The van der Waals surface area contributed by atoms with Crippen molar-refractivity contribution < 1.29 is 22.8 Å². The van der Waals surface area contributed by atoms with Gasteiger partial charge in [0.2, 0.25) is 11.8 Å². The maximum atomic E-state index is 14.1. The number of amides is 3. The smallest absolute Gasteiger partial charge is 0.269 e. The highest BCUT2D eigenvalue weighted by Crippen LogP contribution is 2.31. The van der Waals surface area contributed by atoms with Crippen LogP contribution in [0, 0.1) is 0 Å². The SMILES string of the molecule is O=C(NC1CCCCC1)[C@@H](Cc1ccccc1)N(Cc1c(Cl)cccc1Cl)C(=O)CN1C(=O)c2ccccc2S1(=O)=O. The van der Waals surface area contributed by atoms with E-state index < -0.39 is 34.4 Å². The lowest BCUT2D eigenvalue weighted by Gasteiger charge is -2.34. The summed E-state index contributed by atoms with van der Waals surface area (Å²) in [7, 11) is -4.26. The van der Waals surface area contributed by atoms with Crippen LogP contribution in [-0.4, -0.2) is 54.0 Å². The molecule has 1 saturated carbocycles. The zero-order valence-electron chi connectivity index (χ0n) is 22.8. The molecule has 2 aliphatic rings. The Kier molecular flexibility index (Phi) is 9.20. The standard InChI is InChI=1S/C31H31Cl2N3O5S/c32-25-15-9-16-26(33)24(25)19-35(29(37)20-36-31(39)23-14-7-8-17-28(23)42(36,40)41)27(18-21-10-3-1-4-11-21)30(38)34-22-12-5-2-6-13-22/h1,3-4,7-11,14-17,22,27H,2,5-6,12-13,18-20H2,(H,34,38)/t27-/m1/s1. The largest absolute Gasteiger partial charge is 0.352 e. The van der Waals surface area contributed by atoms with Gasteiger partial charge in [0, 0.05) is 34.6 Å². The third kappa shape index (κ3) is 6.33. The fraction of sp³-hybridized carbons (Fsp3) is 0.323. The van der Waals surface area contributed by atoms with Crippen LogP contribution < -0.4 is 5.32 Å². The minimum atomic E-state index is -4.26. The predicted octanol–water partition coefficient (Wildman–Crippen LogP) is 5.23. The van der Waals surface area contributed by atoms with Gasteiger partial charge in [0.05, 0.1) is 5.56 Å². The summed E-state index contributed by atoms with van der Waals surface area (Å²) in [6.45, 7) is -0.943. The van der Waals surface area contributed by atoms with Gasteiger partial charge in [0.25, 0.3) is 15.9 Å². The molecule has 42 heavy (non-hydrogen) atoms. The molecule has 0 unspecified atom stereocenters. The van der Waals surface area contributed by atoms with E-state index in [9.17, 15) is 22.8 Å². The maximum absolute atomic E-state index is 14.1. The summed E-state index contributed by atoms with van der Waals surface area (Å²) in [5.41, 5.74) is 1.22. The second-order valence-electron chi connectivity index (χ2n) is 10.6. The van der Waals surface area contributed by atoms with Gasteiger partial charge in [0.15, 0.2) is 0 Å². The molecule has 1 heterocycles. The van der Waals surface area contributed by atoms with E-state index in [0.29, 0.717) is 19.9 Å². The summed E-state index contributed by atoms with van der Waals surface area (Å²) in [4.78, 5) is 42.4. The first kappa shape index (κ1) is 30.1. The van der Waals surface area contributed by atoms with Crippen LogP contribution in [0.2, 0.25) is 10.0 Å². The molecule has 0 radical (unpaired) electrons. The van der Waals surface area contributed by atoms with Gasteiger partial charge in [-0.2, -0.15) is 0 Å². The van der Waals surface area contributed by atoms with Crippen LogP contribution in [0.3, 0.4) is 0 Å². The fourth-order valence-corrected chi connectivity index (χ4v) is 7.59. The minimum absolute atomic E-state index is 0.00174. The molecule has 0 spiro atoms. The topological polar surface area (TPSA) is 104 Å².